The van der Waals surface area contributed by atoms with E-state index in [-0.39, 0.29) is 5.41 Å². The van der Waals surface area contributed by atoms with Crippen molar-refractivity contribution >= 4 is 0 Å². The quantitative estimate of drug-likeness (QED) is 0.170. The molecule has 1 aromatic heterocycles. The maximum Gasteiger partial charge on any atom is 0.119 e. The highest BCUT2D eigenvalue weighted by Crippen LogP contribution is 2.42. The van der Waals surface area contributed by atoms with Crippen molar-refractivity contribution < 1.29 is 4.74 Å². The largest absolute Gasteiger partial charge is 0.493 e. The molecule has 0 bridgehead atoms. The number of nitriles is 1. The summed E-state index contributed by atoms with van der Waals surface area (Å²) in [5, 5.41) is 9.91. The number of pyridine rings is 1. The topological polar surface area (TPSA) is 45.9 Å². The Balaban J connectivity index is 1.34. The average Bonchev–Trinajstić information content (AvgIpc) is 2.99. The van der Waals surface area contributed by atoms with E-state index < -0.39 is 0 Å². The first-order valence-corrected chi connectivity index (χ1v) is 16.3. The van der Waals surface area contributed by atoms with E-state index in [0.717, 1.165) is 62.1 Å². The maximum atomic E-state index is 9.91. The van der Waals surface area contributed by atoms with Crippen molar-refractivity contribution in [3.63, 3.8) is 0 Å². The van der Waals surface area contributed by atoms with E-state index in [1.807, 2.05) is 6.20 Å². The van der Waals surface area contributed by atoms with Gasteiger partial charge in [0, 0.05) is 11.8 Å². The van der Waals surface area contributed by atoms with Crippen LogP contribution in [0.1, 0.15) is 135 Å². The van der Waals surface area contributed by atoms with Gasteiger partial charge in [-0.25, -0.2) is 0 Å². The van der Waals surface area contributed by atoms with Crippen LogP contribution in [0, 0.1) is 22.7 Å². The van der Waals surface area contributed by atoms with Crippen molar-refractivity contribution in [2.24, 2.45) is 11.3 Å². The van der Waals surface area contributed by atoms with Gasteiger partial charge in [0.05, 0.1) is 23.8 Å². The monoisotopic (exact) mass is 530 g/mol. The van der Waals surface area contributed by atoms with Gasteiger partial charge in [-0.15, -0.1) is 0 Å². The molecule has 3 rings (SSSR count). The molecule has 1 aromatic carbocycles. The fourth-order valence-electron chi connectivity index (χ4n) is 6.02. The number of ether oxygens (including phenoxy) is 1. The minimum absolute atomic E-state index is 0.0836. The summed E-state index contributed by atoms with van der Waals surface area (Å²) in [6.45, 7) is 5.29. The summed E-state index contributed by atoms with van der Waals surface area (Å²) < 4.78 is 6.18. The predicted octanol–water partition coefficient (Wildman–Crippen LogP) is 10.9. The molecule has 3 nitrogen and oxygen atoms in total. The van der Waals surface area contributed by atoms with Crippen LogP contribution >= 0.6 is 0 Å². The molecule has 0 N–H and O–H groups in total. The molecule has 0 radical (unpaired) electrons. The van der Waals surface area contributed by atoms with E-state index in [9.17, 15) is 5.26 Å². The molecule has 3 heteroatoms. The summed E-state index contributed by atoms with van der Waals surface area (Å²) in [4.78, 5) is 4.73. The van der Waals surface area contributed by atoms with Crippen LogP contribution in [0.2, 0.25) is 0 Å². The van der Waals surface area contributed by atoms with Crippen LogP contribution in [0.4, 0.5) is 0 Å². The van der Waals surface area contributed by atoms with E-state index in [4.69, 9.17) is 9.72 Å². The number of benzene rings is 1. The summed E-state index contributed by atoms with van der Waals surface area (Å²) in [5.41, 5.74) is 3.41. The fourth-order valence-corrected chi connectivity index (χ4v) is 6.02. The van der Waals surface area contributed by atoms with Gasteiger partial charge in [0.1, 0.15) is 5.75 Å². The Kier molecular flexibility index (Phi) is 14.5. The number of aryl methyl sites for hydroxylation is 1. The molecular formula is C36H54N2O. The second-order valence-electron chi connectivity index (χ2n) is 12.1. The van der Waals surface area contributed by atoms with Crippen LogP contribution in [-0.4, -0.2) is 11.6 Å². The first kappa shape index (κ1) is 31.2. The molecule has 0 spiro atoms. The molecule has 1 fully saturated rings. The maximum absolute atomic E-state index is 9.91. The number of hydrogen-bond acceptors (Lipinski definition) is 3. The summed E-state index contributed by atoms with van der Waals surface area (Å²) in [5.74, 6) is 1.49. The minimum atomic E-state index is -0.0836. The molecule has 1 aliphatic rings. The van der Waals surface area contributed by atoms with Gasteiger partial charge in [-0.05, 0) is 86.8 Å². The van der Waals surface area contributed by atoms with Gasteiger partial charge in [-0.3, -0.25) is 4.98 Å². The van der Waals surface area contributed by atoms with Crippen molar-refractivity contribution in [3.8, 4) is 23.1 Å². The highest BCUT2D eigenvalue weighted by Gasteiger charge is 2.35. The van der Waals surface area contributed by atoms with Crippen molar-refractivity contribution in [1.82, 2.24) is 4.98 Å². The smallest absolute Gasteiger partial charge is 0.119 e. The third kappa shape index (κ3) is 11.4. The fraction of sp³-hybridized carbons (Fsp3) is 0.667. The van der Waals surface area contributed by atoms with Crippen LogP contribution in [0.3, 0.4) is 0 Å². The Morgan fingerprint density at radius 1 is 0.795 bits per heavy atom. The van der Waals surface area contributed by atoms with E-state index >= 15 is 0 Å². The van der Waals surface area contributed by atoms with Crippen molar-refractivity contribution in [3.05, 3.63) is 48.2 Å². The lowest BCUT2D eigenvalue weighted by Crippen LogP contribution is -2.28. The first-order valence-electron chi connectivity index (χ1n) is 16.3. The number of aromatic nitrogens is 1. The zero-order chi connectivity index (χ0) is 27.6. The molecule has 214 valence electrons. The lowest BCUT2D eigenvalue weighted by Gasteiger charge is -2.35. The lowest BCUT2D eigenvalue weighted by molar-refractivity contribution is 0.144. The third-order valence-electron chi connectivity index (χ3n) is 8.84. The van der Waals surface area contributed by atoms with Crippen molar-refractivity contribution in [2.45, 2.75) is 136 Å². The molecule has 39 heavy (non-hydrogen) atoms. The van der Waals surface area contributed by atoms with Crippen LogP contribution in [0.5, 0.6) is 5.75 Å². The highest BCUT2D eigenvalue weighted by atomic mass is 16.5. The second kappa shape index (κ2) is 18.1. The van der Waals surface area contributed by atoms with Gasteiger partial charge < -0.3 is 4.74 Å². The van der Waals surface area contributed by atoms with Gasteiger partial charge in [0.15, 0.2) is 0 Å². The van der Waals surface area contributed by atoms with Gasteiger partial charge in [0.25, 0.3) is 0 Å². The molecule has 0 saturated heterocycles. The van der Waals surface area contributed by atoms with Gasteiger partial charge in [-0.1, -0.05) is 97.0 Å². The zero-order valence-corrected chi connectivity index (χ0v) is 25.1. The number of rotatable bonds is 19. The Labute approximate surface area is 239 Å². The Morgan fingerprint density at radius 2 is 1.41 bits per heavy atom. The molecular weight excluding hydrogens is 476 g/mol. The number of hydrogen-bond donors (Lipinski definition) is 0. The third-order valence-corrected chi connectivity index (χ3v) is 8.84. The van der Waals surface area contributed by atoms with Crippen LogP contribution in [-0.2, 0) is 6.42 Å². The molecule has 1 heterocycles. The summed E-state index contributed by atoms with van der Waals surface area (Å²) in [6, 6.07) is 15.5. The molecule has 0 atom stereocenters. The van der Waals surface area contributed by atoms with Crippen molar-refractivity contribution in [1.29, 1.82) is 5.26 Å². The molecule has 1 aliphatic carbocycles. The molecule has 0 aliphatic heterocycles. The normalized spacial score (nSPS) is 19.1. The summed E-state index contributed by atoms with van der Waals surface area (Å²) >= 11 is 0. The number of nitrogens with zero attached hydrogens (tertiary/aromatic N) is 2. The Hall–Kier alpha value is -2.34. The first-order chi connectivity index (χ1) is 19.2. The van der Waals surface area contributed by atoms with Crippen LogP contribution in [0.25, 0.3) is 11.3 Å². The molecule has 0 amide bonds. The highest BCUT2D eigenvalue weighted by molar-refractivity contribution is 5.60. The SMILES string of the molecule is CCCCCCCCCc1ccc(-c2ccc(OCC3CCC(C#N)(CCCCCCCC)CC3)cc2)nc1. The van der Waals surface area contributed by atoms with E-state index in [1.165, 1.54) is 89.0 Å². The van der Waals surface area contributed by atoms with Gasteiger partial charge in [-0.2, -0.15) is 5.26 Å². The van der Waals surface area contributed by atoms with E-state index in [2.05, 4.69) is 56.3 Å². The minimum Gasteiger partial charge on any atom is -0.493 e. The Morgan fingerprint density at radius 3 is 2.00 bits per heavy atom. The summed E-state index contributed by atoms with van der Waals surface area (Å²) in [7, 11) is 0. The summed E-state index contributed by atoms with van der Waals surface area (Å²) in [6.07, 6.45) is 25.8. The molecule has 2 aromatic rings. The molecule has 0 unspecified atom stereocenters. The van der Waals surface area contributed by atoms with Gasteiger partial charge >= 0.3 is 0 Å². The van der Waals surface area contributed by atoms with Crippen molar-refractivity contribution in [2.75, 3.05) is 6.61 Å². The Bertz CT molecular complexity index is 936. The molecule has 1 saturated carbocycles. The zero-order valence-electron chi connectivity index (χ0n) is 25.1. The standard InChI is InChI=1S/C36H54N2O/c1-3-5-7-9-11-12-14-16-31-17-22-35(38-28-31)33-18-20-34(21-19-33)39-29-32-23-26-36(30-37,27-24-32)25-15-13-10-8-6-4-2/h17-22,28,32H,3-16,23-27,29H2,1-2H3. The predicted molar refractivity (Wildman–Crippen MR) is 165 cm³/mol. The van der Waals surface area contributed by atoms with E-state index in [0.29, 0.717) is 5.92 Å². The average molecular weight is 531 g/mol. The number of unbranched alkanes of at least 4 members (excludes halogenated alkanes) is 11. The lowest BCUT2D eigenvalue weighted by atomic mass is 9.69. The van der Waals surface area contributed by atoms with Crippen LogP contribution in [0.15, 0.2) is 42.6 Å². The van der Waals surface area contributed by atoms with E-state index in [1.54, 1.807) is 0 Å². The van der Waals surface area contributed by atoms with Crippen LogP contribution < -0.4 is 4.74 Å². The second-order valence-corrected chi connectivity index (χ2v) is 12.1. The van der Waals surface area contributed by atoms with Gasteiger partial charge in [0.2, 0.25) is 0 Å².